The molecule has 0 bridgehead atoms. The molecule has 1 aromatic heterocycles. The molecule has 2 aliphatic heterocycles. The van der Waals surface area contributed by atoms with E-state index in [2.05, 4.69) is 15.3 Å². The lowest BCUT2D eigenvalue weighted by atomic mass is 9.90. The molecule has 1 saturated heterocycles. The Bertz CT molecular complexity index is 375. The van der Waals surface area contributed by atoms with Crippen LogP contribution in [0.15, 0.2) is 6.33 Å². The SMILES string of the molecule is c1nc2c(c(C3CCNCC3)n1)COCC2. The zero-order chi connectivity index (χ0) is 10.8. The van der Waals surface area contributed by atoms with E-state index in [1.165, 1.54) is 29.8 Å². The fourth-order valence-corrected chi connectivity index (χ4v) is 2.63. The van der Waals surface area contributed by atoms with Crippen molar-refractivity contribution in [1.82, 2.24) is 15.3 Å². The average molecular weight is 219 g/mol. The Morgan fingerprint density at radius 2 is 2.12 bits per heavy atom. The Morgan fingerprint density at radius 3 is 3.00 bits per heavy atom. The van der Waals surface area contributed by atoms with Crippen molar-refractivity contribution in [3.63, 3.8) is 0 Å². The summed E-state index contributed by atoms with van der Waals surface area (Å²) in [4.78, 5) is 8.86. The van der Waals surface area contributed by atoms with Gasteiger partial charge in [0, 0.05) is 17.9 Å². The minimum atomic E-state index is 0.597. The summed E-state index contributed by atoms with van der Waals surface area (Å²) in [6.45, 7) is 3.71. The van der Waals surface area contributed by atoms with Crippen molar-refractivity contribution >= 4 is 0 Å². The van der Waals surface area contributed by atoms with Gasteiger partial charge in [-0.15, -0.1) is 0 Å². The number of rotatable bonds is 1. The standard InChI is InChI=1S/C12H17N3O/c1-4-13-5-2-9(1)12-10-7-16-6-3-11(10)14-8-15-12/h8-9,13H,1-7H2. The molecule has 3 rings (SSSR count). The Hall–Kier alpha value is -1.00. The predicted octanol–water partition coefficient (Wildman–Crippen LogP) is 1.02. The van der Waals surface area contributed by atoms with Crippen LogP contribution in [0, 0.1) is 0 Å². The molecular weight excluding hydrogens is 202 g/mol. The minimum absolute atomic E-state index is 0.597. The van der Waals surface area contributed by atoms with Gasteiger partial charge >= 0.3 is 0 Å². The average Bonchev–Trinajstić information content (AvgIpc) is 2.39. The first-order valence-corrected chi connectivity index (χ1v) is 6.06. The highest BCUT2D eigenvalue weighted by Crippen LogP contribution is 2.29. The maximum absolute atomic E-state index is 5.53. The van der Waals surface area contributed by atoms with Crippen LogP contribution < -0.4 is 5.32 Å². The molecule has 0 aliphatic carbocycles. The molecule has 1 aromatic rings. The van der Waals surface area contributed by atoms with Crippen LogP contribution in [0.25, 0.3) is 0 Å². The highest BCUT2D eigenvalue weighted by Gasteiger charge is 2.23. The van der Waals surface area contributed by atoms with Crippen molar-refractivity contribution in [2.75, 3.05) is 19.7 Å². The molecule has 2 aliphatic rings. The van der Waals surface area contributed by atoms with Crippen molar-refractivity contribution in [3.05, 3.63) is 23.3 Å². The number of nitrogens with one attached hydrogen (secondary N) is 1. The second-order valence-corrected chi connectivity index (χ2v) is 4.51. The van der Waals surface area contributed by atoms with Crippen LogP contribution >= 0.6 is 0 Å². The Morgan fingerprint density at radius 1 is 1.25 bits per heavy atom. The van der Waals surface area contributed by atoms with Crippen molar-refractivity contribution in [2.24, 2.45) is 0 Å². The van der Waals surface area contributed by atoms with Gasteiger partial charge < -0.3 is 10.1 Å². The van der Waals surface area contributed by atoms with Gasteiger partial charge in [0.25, 0.3) is 0 Å². The fraction of sp³-hybridized carbons (Fsp3) is 0.667. The van der Waals surface area contributed by atoms with E-state index in [9.17, 15) is 0 Å². The molecule has 0 atom stereocenters. The second kappa shape index (κ2) is 4.47. The Labute approximate surface area is 95.4 Å². The molecular formula is C12H17N3O. The van der Waals surface area contributed by atoms with Crippen molar-refractivity contribution in [1.29, 1.82) is 0 Å². The van der Waals surface area contributed by atoms with Gasteiger partial charge in [0.1, 0.15) is 6.33 Å². The first kappa shape index (κ1) is 10.2. The zero-order valence-corrected chi connectivity index (χ0v) is 9.41. The van der Waals surface area contributed by atoms with Crippen LogP contribution in [0.4, 0.5) is 0 Å². The molecule has 4 nitrogen and oxygen atoms in total. The molecule has 0 radical (unpaired) electrons. The van der Waals surface area contributed by atoms with E-state index < -0.39 is 0 Å². The van der Waals surface area contributed by atoms with Gasteiger partial charge in [-0.25, -0.2) is 9.97 Å². The first-order chi connectivity index (χ1) is 7.95. The molecule has 0 unspecified atom stereocenters. The van der Waals surface area contributed by atoms with Gasteiger partial charge in [-0.05, 0) is 25.9 Å². The van der Waals surface area contributed by atoms with Crippen molar-refractivity contribution < 1.29 is 4.74 Å². The predicted molar refractivity (Wildman–Crippen MR) is 60.2 cm³/mol. The summed E-state index contributed by atoms with van der Waals surface area (Å²) in [6.07, 6.45) is 5.03. The quantitative estimate of drug-likeness (QED) is 0.766. The summed E-state index contributed by atoms with van der Waals surface area (Å²) in [5.41, 5.74) is 3.71. The molecule has 86 valence electrons. The number of hydrogen-bond acceptors (Lipinski definition) is 4. The maximum Gasteiger partial charge on any atom is 0.115 e. The second-order valence-electron chi connectivity index (χ2n) is 4.51. The number of hydrogen-bond donors (Lipinski definition) is 1. The largest absolute Gasteiger partial charge is 0.376 e. The number of ether oxygens (including phenoxy) is 1. The Kier molecular flexibility index (Phi) is 2.84. The van der Waals surface area contributed by atoms with E-state index in [1.807, 2.05) is 0 Å². The van der Waals surface area contributed by atoms with Crippen molar-refractivity contribution in [3.8, 4) is 0 Å². The highest BCUT2D eigenvalue weighted by atomic mass is 16.5. The summed E-state index contributed by atoms with van der Waals surface area (Å²) in [5, 5.41) is 3.39. The lowest BCUT2D eigenvalue weighted by Gasteiger charge is -2.26. The third kappa shape index (κ3) is 1.83. The summed E-state index contributed by atoms with van der Waals surface area (Å²) < 4.78 is 5.53. The van der Waals surface area contributed by atoms with Crippen LogP contribution in [0.2, 0.25) is 0 Å². The molecule has 1 N–H and O–H groups in total. The van der Waals surface area contributed by atoms with E-state index in [4.69, 9.17) is 4.74 Å². The summed E-state index contributed by atoms with van der Waals surface area (Å²) >= 11 is 0. The van der Waals surface area contributed by atoms with E-state index >= 15 is 0 Å². The molecule has 16 heavy (non-hydrogen) atoms. The molecule has 1 fully saturated rings. The van der Waals surface area contributed by atoms with Crippen LogP contribution in [-0.2, 0) is 17.8 Å². The number of piperidine rings is 1. The van der Waals surface area contributed by atoms with Crippen LogP contribution in [0.5, 0.6) is 0 Å². The molecule has 0 spiro atoms. The van der Waals surface area contributed by atoms with Crippen LogP contribution in [0.3, 0.4) is 0 Å². The van der Waals surface area contributed by atoms with Gasteiger partial charge in [0.15, 0.2) is 0 Å². The number of aromatic nitrogens is 2. The smallest absolute Gasteiger partial charge is 0.115 e. The third-order valence-corrected chi connectivity index (χ3v) is 3.52. The topological polar surface area (TPSA) is 47.0 Å². The maximum atomic E-state index is 5.53. The normalized spacial score (nSPS) is 21.8. The fourth-order valence-electron chi connectivity index (χ4n) is 2.63. The van der Waals surface area contributed by atoms with E-state index in [0.717, 1.165) is 26.1 Å². The van der Waals surface area contributed by atoms with E-state index in [0.29, 0.717) is 12.5 Å². The summed E-state index contributed by atoms with van der Waals surface area (Å²) in [5.74, 6) is 0.597. The number of fused-ring (bicyclic) bond motifs is 1. The van der Waals surface area contributed by atoms with E-state index in [-0.39, 0.29) is 0 Å². The van der Waals surface area contributed by atoms with Crippen LogP contribution in [0.1, 0.15) is 35.7 Å². The molecule has 0 saturated carbocycles. The summed E-state index contributed by atoms with van der Waals surface area (Å²) in [7, 11) is 0. The lowest BCUT2D eigenvalue weighted by molar-refractivity contribution is 0.107. The monoisotopic (exact) mass is 219 g/mol. The molecule has 3 heterocycles. The molecule has 4 heteroatoms. The van der Waals surface area contributed by atoms with E-state index in [1.54, 1.807) is 6.33 Å². The Balaban J connectivity index is 1.93. The third-order valence-electron chi connectivity index (χ3n) is 3.52. The number of nitrogens with zero attached hydrogens (tertiary/aromatic N) is 2. The van der Waals surface area contributed by atoms with Crippen LogP contribution in [-0.4, -0.2) is 29.7 Å². The molecule has 0 aromatic carbocycles. The molecule has 0 amide bonds. The van der Waals surface area contributed by atoms with Gasteiger partial charge in [0.2, 0.25) is 0 Å². The minimum Gasteiger partial charge on any atom is -0.376 e. The van der Waals surface area contributed by atoms with Gasteiger partial charge in [0.05, 0.1) is 24.6 Å². The van der Waals surface area contributed by atoms with Gasteiger partial charge in [-0.3, -0.25) is 0 Å². The van der Waals surface area contributed by atoms with Crippen molar-refractivity contribution in [2.45, 2.75) is 31.8 Å². The first-order valence-electron chi connectivity index (χ1n) is 6.06. The zero-order valence-electron chi connectivity index (χ0n) is 9.41. The summed E-state index contributed by atoms with van der Waals surface area (Å²) in [6, 6.07) is 0. The van der Waals surface area contributed by atoms with Gasteiger partial charge in [-0.1, -0.05) is 0 Å². The van der Waals surface area contributed by atoms with Gasteiger partial charge in [-0.2, -0.15) is 0 Å². The highest BCUT2D eigenvalue weighted by molar-refractivity contribution is 5.28. The lowest BCUT2D eigenvalue weighted by Crippen LogP contribution is -2.28.